The molecule has 2 nitrogen and oxygen atoms in total. The molecule has 106 valence electrons. The van der Waals surface area contributed by atoms with E-state index in [2.05, 4.69) is 0 Å². The summed E-state index contributed by atoms with van der Waals surface area (Å²) in [5.74, 6) is -0.650. The van der Waals surface area contributed by atoms with Crippen molar-refractivity contribution in [2.75, 3.05) is 25.6 Å². The zero-order chi connectivity index (χ0) is 14.4. The third kappa shape index (κ3) is 4.91. The molecule has 0 saturated heterocycles. The van der Waals surface area contributed by atoms with Crippen LogP contribution < -0.4 is 0 Å². The van der Waals surface area contributed by atoms with Crippen LogP contribution in [-0.4, -0.2) is 42.3 Å². The number of carbonyl (C=O) groups is 1. The standard InChI is InChI=1S/C14H19F2NOS/c1-10(6-7-19-3)17(2)9-14(18)12-8-11(15)4-5-13(12)16/h4-5,8,10H,6-7,9H2,1-3H3. The molecule has 1 atom stereocenters. The van der Waals surface area contributed by atoms with Gasteiger partial charge in [0.05, 0.1) is 12.1 Å². The lowest BCUT2D eigenvalue weighted by molar-refractivity contribution is 0.0919. The fourth-order valence-corrected chi connectivity index (χ4v) is 2.26. The molecule has 1 aromatic carbocycles. The second kappa shape index (κ2) is 7.60. The van der Waals surface area contributed by atoms with Gasteiger partial charge in [0.15, 0.2) is 5.78 Å². The zero-order valence-corrected chi connectivity index (χ0v) is 12.3. The molecule has 0 aliphatic carbocycles. The third-order valence-electron chi connectivity index (χ3n) is 3.11. The van der Waals surface area contributed by atoms with Gasteiger partial charge in [-0.15, -0.1) is 0 Å². The van der Waals surface area contributed by atoms with Gasteiger partial charge < -0.3 is 0 Å². The van der Waals surface area contributed by atoms with Gasteiger partial charge >= 0.3 is 0 Å². The van der Waals surface area contributed by atoms with Gasteiger partial charge in [-0.3, -0.25) is 9.69 Å². The van der Waals surface area contributed by atoms with Crippen LogP contribution in [0.15, 0.2) is 18.2 Å². The molecule has 1 unspecified atom stereocenters. The van der Waals surface area contributed by atoms with Crippen LogP contribution in [0.1, 0.15) is 23.7 Å². The van der Waals surface area contributed by atoms with Crippen molar-refractivity contribution < 1.29 is 13.6 Å². The minimum absolute atomic E-state index is 0.0932. The maximum atomic E-state index is 13.5. The van der Waals surface area contributed by atoms with Gasteiger partial charge in [0.2, 0.25) is 0 Å². The van der Waals surface area contributed by atoms with Gasteiger partial charge in [-0.2, -0.15) is 11.8 Å². The zero-order valence-electron chi connectivity index (χ0n) is 11.5. The third-order valence-corrected chi connectivity index (χ3v) is 3.76. The lowest BCUT2D eigenvalue weighted by atomic mass is 10.1. The first-order chi connectivity index (χ1) is 8.95. The van der Waals surface area contributed by atoms with E-state index in [-0.39, 0.29) is 18.2 Å². The van der Waals surface area contributed by atoms with Gasteiger partial charge in [0.1, 0.15) is 11.6 Å². The predicted octanol–water partition coefficient (Wildman–Crippen LogP) is 3.22. The lowest BCUT2D eigenvalue weighted by Gasteiger charge is -2.23. The molecule has 0 aromatic heterocycles. The average molecular weight is 287 g/mol. The number of rotatable bonds is 7. The van der Waals surface area contributed by atoms with Crippen molar-refractivity contribution in [3.05, 3.63) is 35.4 Å². The Morgan fingerprint density at radius 1 is 1.42 bits per heavy atom. The van der Waals surface area contributed by atoms with Crippen molar-refractivity contribution in [2.45, 2.75) is 19.4 Å². The Balaban J connectivity index is 2.66. The molecule has 5 heteroatoms. The fourth-order valence-electron chi connectivity index (χ4n) is 1.69. The summed E-state index contributed by atoms with van der Waals surface area (Å²) in [7, 11) is 1.82. The second-order valence-corrected chi connectivity index (χ2v) is 5.58. The summed E-state index contributed by atoms with van der Waals surface area (Å²) in [6.45, 7) is 2.11. The van der Waals surface area contributed by atoms with Crippen molar-refractivity contribution in [3.63, 3.8) is 0 Å². The van der Waals surface area contributed by atoms with Gasteiger partial charge in [-0.1, -0.05) is 0 Å². The Hall–Kier alpha value is -0.940. The highest BCUT2D eigenvalue weighted by molar-refractivity contribution is 7.98. The van der Waals surface area contributed by atoms with Crippen molar-refractivity contribution in [1.82, 2.24) is 4.90 Å². The number of carbonyl (C=O) groups excluding carboxylic acids is 1. The Morgan fingerprint density at radius 3 is 2.74 bits per heavy atom. The summed E-state index contributed by atoms with van der Waals surface area (Å²) in [4.78, 5) is 13.8. The van der Waals surface area contributed by atoms with E-state index in [0.29, 0.717) is 0 Å². The van der Waals surface area contributed by atoms with Crippen LogP contribution in [0.3, 0.4) is 0 Å². The maximum Gasteiger partial charge on any atom is 0.179 e. The van der Waals surface area contributed by atoms with E-state index in [1.807, 2.05) is 25.1 Å². The van der Waals surface area contributed by atoms with E-state index in [1.54, 1.807) is 11.8 Å². The Morgan fingerprint density at radius 2 is 2.11 bits per heavy atom. The number of Topliss-reactive ketones (excluding diaryl/α,β-unsaturated/α-hetero) is 1. The number of ketones is 1. The van der Waals surface area contributed by atoms with Crippen molar-refractivity contribution in [2.24, 2.45) is 0 Å². The topological polar surface area (TPSA) is 20.3 Å². The molecule has 0 spiro atoms. The number of hydrogen-bond acceptors (Lipinski definition) is 3. The van der Waals surface area contributed by atoms with E-state index >= 15 is 0 Å². The smallest absolute Gasteiger partial charge is 0.179 e. The summed E-state index contributed by atoms with van der Waals surface area (Å²) in [5, 5.41) is 0. The number of hydrogen-bond donors (Lipinski definition) is 0. The monoisotopic (exact) mass is 287 g/mol. The minimum atomic E-state index is -0.670. The minimum Gasteiger partial charge on any atom is -0.296 e. The summed E-state index contributed by atoms with van der Waals surface area (Å²) < 4.78 is 26.5. The number of likely N-dealkylation sites (N-methyl/N-ethyl adjacent to an activating group) is 1. The van der Waals surface area contributed by atoms with Crippen LogP contribution in [0.2, 0.25) is 0 Å². The highest BCUT2D eigenvalue weighted by atomic mass is 32.2. The molecule has 1 rings (SSSR count). The molecule has 0 radical (unpaired) electrons. The first-order valence-electron chi connectivity index (χ1n) is 6.13. The molecule has 0 fully saturated rings. The molecule has 0 saturated carbocycles. The molecule has 0 bridgehead atoms. The van der Waals surface area contributed by atoms with E-state index in [9.17, 15) is 13.6 Å². The van der Waals surface area contributed by atoms with Crippen LogP contribution >= 0.6 is 11.8 Å². The molecule has 19 heavy (non-hydrogen) atoms. The van der Waals surface area contributed by atoms with E-state index < -0.39 is 17.4 Å². The molecular weight excluding hydrogens is 268 g/mol. The number of thioether (sulfide) groups is 1. The van der Waals surface area contributed by atoms with Crippen LogP contribution in [0.25, 0.3) is 0 Å². The van der Waals surface area contributed by atoms with E-state index in [1.165, 1.54) is 0 Å². The molecule has 1 aromatic rings. The maximum absolute atomic E-state index is 13.5. The molecule has 0 heterocycles. The van der Waals surface area contributed by atoms with Gasteiger partial charge in [0, 0.05) is 6.04 Å². The predicted molar refractivity (Wildman–Crippen MR) is 75.8 cm³/mol. The molecular formula is C14H19F2NOS. The Kier molecular flexibility index (Phi) is 6.45. The fraction of sp³-hybridized carbons (Fsp3) is 0.500. The molecule has 0 aliphatic rings. The van der Waals surface area contributed by atoms with E-state index in [4.69, 9.17) is 0 Å². The van der Waals surface area contributed by atoms with Gasteiger partial charge in [-0.25, -0.2) is 8.78 Å². The van der Waals surface area contributed by atoms with Gasteiger partial charge in [0.25, 0.3) is 0 Å². The largest absolute Gasteiger partial charge is 0.296 e. The first kappa shape index (κ1) is 16.1. The number of halogens is 2. The lowest BCUT2D eigenvalue weighted by Crippen LogP contribution is -2.34. The van der Waals surface area contributed by atoms with Crippen molar-refractivity contribution in [3.8, 4) is 0 Å². The van der Waals surface area contributed by atoms with Crippen molar-refractivity contribution in [1.29, 1.82) is 0 Å². The summed E-state index contributed by atoms with van der Waals surface area (Å²) in [6.07, 6.45) is 2.98. The SMILES string of the molecule is CSCCC(C)N(C)CC(=O)c1cc(F)ccc1F. The Labute approximate surface area is 117 Å². The molecule has 0 N–H and O–H groups in total. The highest BCUT2D eigenvalue weighted by Crippen LogP contribution is 2.12. The van der Waals surface area contributed by atoms with Crippen LogP contribution in [0.4, 0.5) is 8.78 Å². The normalized spacial score (nSPS) is 12.7. The molecule has 0 amide bonds. The second-order valence-electron chi connectivity index (χ2n) is 4.59. The highest BCUT2D eigenvalue weighted by Gasteiger charge is 2.17. The van der Waals surface area contributed by atoms with E-state index in [0.717, 1.165) is 30.4 Å². The Bertz CT molecular complexity index is 439. The summed E-state index contributed by atoms with van der Waals surface area (Å²) in [6, 6.07) is 3.18. The first-order valence-corrected chi connectivity index (χ1v) is 7.52. The van der Waals surface area contributed by atoms with Crippen LogP contribution in [0, 0.1) is 11.6 Å². The number of nitrogens with zero attached hydrogens (tertiary/aromatic N) is 1. The van der Waals surface area contributed by atoms with Crippen LogP contribution in [-0.2, 0) is 0 Å². The number of benzene rings is 1. The average Bonchev–Trinajstić information content (AvgIpc) is 2.38. The summed E-state index contributed by atoms with van der Waals surface area (Å²) in [5.41, 5.74) is -0.177. The quantitative estimate of drug-likeness (QED) is 0.718. The molecule has 0 aliphatic heterocycles. The summed E-state index contributed by atoms with van der Waals surface area (Å²) >= 11 is 1.75. The van der Waals surface area contributed by atoms with Crippen molar-refractivity contribution >= 4 is 17.5 Å². The van der Waals surface area contributed by atoms with Gasteiger partial charge in [-0.05, 0) is 50.6 Å². The van der Waals surface area contributed by atoms with Crippen LogP contribution in [0.5, 0.6) is 0 Å².